The molecule has 2 aliphatic heterocycles. The van der Waals surface area contributed by atoms with E-state index in [4.69, 9.17) is 21.1 Å². The van der Waals surface area contributed by atoms with E-state index in [0.717, 1.165) is 30.5 Å². The SMILES string of the molecule is C[C@@H]1CN(C(=O)c2nn(CC(=O)N3CCC(Oc4cc(F)ccc4Cl)CC3)c3c2CCC3)C[C@H](C)O1. The summed E-state index contributed by atoms with van der Waals surface area (Å²) < 4.78 is 26.9. The van der Waals surface area contributed by atoms with Gasteiger partial charge in [-0.3, -0.25) is 14.3 Å². The van der Waals surface area contributed by atoms with E-state index in [0.29, 0.717) is 55.5 Å². The van der Waals surface area contributed by atoms with E-state index >= 15 is 0 Å². The van der Waals surface area contributed by atoms with E-state index in [9.17, 15) is 14.0 Å². The smallest absolute Gasteiger partial charge is 0.274 e. The molecule has 0 N–H and O–H groups in total. The minimum atomic E-state index is -0.399. The Kier molecular flexibility index (Phi) is 7.21. The predicted octanol–water partition coefficient (Wildman–Crippen LogP) is 3.48. The molecule has 5 rings (SSSR count). The standard InChI is InChI=1S/C26H32ClFN4O4/c1-16-13-31(14-17(2)35-16)26(34)25-20-4-3-5-22(20)32(29-25)15-24(33)30-10-8-19(9-11-30)36-23-12-18(28)6-7-21(23)27/h6-7,12,16-17,19H,3-5,8-11,13-15H2,1-2H3/t16-,17+. The van der Waals surface area contributed by atoms with E-state index in [1.54, 1.807) is 4.68 Å². The lowest BCUT2D eigenvalue weighted by atomic mass is 10.1. The molecule has 0 spiro atoms. The van der Waals surface area contributed by atoms with Crippen LogP contribution in [0.15, 0.2) is 18.2 Å². The second kappa shape index (κ2) is 10.4. The Balaban J connectivity index is 1.22. The fourth-order valence-electron chi connectivity index (χ4n) is 5.50. The summed E-state index contributed by atoms with van der Waals surface area (Å²) in [7, 11) is 0. The van der Waals surface area contributed by atoms with E-state index in [-0.39, 0.29) is 36.7 Å². The van der Waals surface area contributed by atoms with Crippen molar-refractivity contribution >= 4 is 23.4 Å². The van der Waals surface area contributed by atoms with Crippen LogP contribution in [0.5, 0.6) is 5.75 Å². The molecular weight excluding hydrogens is 487 g/mol. The Hall–Kier alpha value is -2.65. The van der Waals surface area contributed by atoms with Crippen molar-refractivity contribution in [2.75, 3.05) is 26.2 Å². The fraction of sp³-hybridized carbons (Fsp3) is 0.577. The van der Waals surface area contributed by atoms with E-state index in [2.05, 4.69) is 5.10 Å². The number of hydrogen-bond donors (Lipinski definition) is 0. The van der Waals surface area contributed by atoms with Gasteiger partial charge in [-0.15, -0.1) is 0 Å². The summed E-state index contributed by atoms with van der Waals surface area (Å²) >= 11 is 6.12. The van der Waals surface area contributed by atoms with Gasteiger partial charge in [0.05, 0.1) is 17.2 Å². The van der Waals surface area contributed by atoms with E-state index in [1.807, 2.05) is 23.6 Å². The van der Waals surface area contributed by atoms with Crippen molar-refractivity contribution < 1.29 is 23.5 Å². The number of aromatic nitrogens is 2. The first-order valence-electron chi connectivity index (χ1n) is 12.7. The Morgan fingerprint density at radius 1 is 1.14 bits per heavy atom. The van der Waals surface area contributed by atoms with E-state index in [1.165, 1.54) is 18.2 Å². The second-order valence-electron chi connectivity index (χ2n) is 10.0. The number of carbonyl (C=O) groups is 2. The number of benzene rings is 1. The molecule has 2 atom stereocenters. The summed E-state index contributed by atoms with van der Waals surface area (Å²) in [6.07, 6.45) is 3.69. The van der Waals surface area contributed by atoms with Crippen molar-refractivity contribution in [1.29, 1.82) is 0 Å². The van der Waals surface area contributed by atoms with Crippen molar-refractivity contribution in [3.63, 3.8) is 0 Å². The van der Waals surface area contributed by atoms with Crippen molar-refractivity contribution in [2.24, 2.45) is 0 Å². The van der Waals surface area contributed by atoms with Gasteiger partial charge in [-0.2, -0.15) is 5.10 Å². The minimum Gasteiger partial charge on any atom is -0.489 e. The summed E-state index contributed by atoms with van der Waals surface area (Å²) in [5.74, 6) is -0.170. The summed E-state index contributed by atoms with van der Waals surface area (Å²) in [6, 6.07) is 4.06. The third-order valence-electron chi connectivity index (χ3n) is 7.18. The van der Waals surface area contributed by atoms with Gasteiger partial charge in [0.15, 0.2) is 5.69 Å². The van der Waals surface area contributed by atoms with Crippen molar-refractivity contribution in [3.05, 3.63) is 46.0 Å². The summed E-state index contributed by atoms with van der Waals surface area (Å²) in [4.78, 5) is 30.1. The molecule has 0 saturated carbocycles. The average molecular weight is 519 g/mol. The molecule has 1 aromatic heterocycles. The van der Waals surface area contributed by atoms with Crippen LogP contribution in [0.25, 0.3) is 0 Å². The number of halogens is 2. The van der Waals surface area contributed by atoms with Crippen LogP contribution in [0, 0.1) is 5.82 Å². The predicted molar refractivity (Wildman–Crippen MR) is 132 cm³/mol. The van der Waals surface area contributed by atoms with Crippen LogP contribution in [0.4, 0.5) is 4.39 Å². The Labute approximate surface area is 215 Å². The normalized spacial score (nSPS) is 22.6. The van der Waals surface area contributed by atoms with Crippen LogP contribution in [-0.4, -0.2) is 75.9 Å². The van der Waals surface area contributed by atoms with Gasteiger partial charge >= 0.3 is 0 Å². The zero-order valence-electron chi connectivity index (χ0n) is 20.7. The van der Waals surface area contributed by atoms with Crippen LogP contribution in [0.1, 0.15) is 54.9 Å². The van der Waals surface area contributed by atoms with Crippen molar-refractivity contribution in [1.82, 2.24) is 19.6 Å². The van der Waals surface area contributed by atoms with Gasteiger partial charge in [0.1, 0.15) is 24.2 Å². The zero-order chi connectivity index (χ0) is 25.4. The molecule has 194 valence electrons. The highest BCUT2D eigenvalue weighted by molar-refractivity contribution is 6.32. The van der Waals surface area contributed by atoms with Gasteiger partial charge in [0, 0.05) is 56.3 Å². The van der Waals surface area contributed by atoms with Crippen molar-refractivity contribution in [2.45, 2.75) is 70.8 Å². The average Bonchev–Trinajstić information content (AvgIpc) is 3.45. The lowest BCUT2D eigenvalue weighted by Gasteiger charge is -2.35. The molecule has 2 amide bonds. The molecule has 1 aromatic carbocycles. The molecule has 0 bridgehead atoms. The lowest BCUT2D eigenvalue weighted by molar-refractivity contribution is -0.133. The molecule has 2 aromatic rings. The molecule has 0 unspecified atom stereocenters. The summed E-state index contributed by atoms with van der Waals surface area (Å²) in [6.45, 7) is 6.22. The molecule has 8 nitrogen and oxygen atoms in total. The number of nitrogens with zero attached hydrogens (tertiary/aromatic N) is 4. The quantitative estimate of drug-likeness (QED) is 0.605. The van der Waals surface area contributed by atoms with Crippen LogP contribution < -0.4 is 4.74 Å². The van der Waals surface area contributed by atoms with Gasteiger partial charge in [-0.25, -0.2) is 4.39 Å². The fourth-order valence-corrected chi connectivity index (χ4v) is 5.67. The number of carbonyl (C=O) groups excluding carboxylic acids is 2. The van der Waals surface area contributed by atoms with Crippen LogP contribution in [-0.2, 0) is 28.9 Å². The highest BCUT2D eigenvalue weighted by atomic mass is 35.5. The molecule has 3 aliphatic rings. The molecule has 2 fully saturated rings. The summed E-state index contributed by atoms with van der Waals surface area (Å²) in [5.41, 5.74) is 2.47. The highest BCUT2D eigenvalue weighted by Gasteiger charge is 2.33. The number of likely N-dealkylation sites (tertiary alicyclic amines) is 1. The van der Waals surface area contributed by atoms with Gasteiger partial charge in [-0.05, 0) is 45.2 Å². The van der Waals surface area contributed by atoms with Gasteiger partial charge in [-0.1, -0.05) is 11.6 Å². The maximum Gasteiger partial charge on any atom is 0.274 e. The molecule has 3 heterocycles. The van der Waals surface area contributed by atoms with E-state index < -0.39 is 5.82 Å². The monoisotopic (exact) mass is 518 g/mol. The van der Waals surface area contributed by atoms with Gasteiger partial charge in [0.2, 0.25) is 5.91 Å². The maximum absolute atomic E-state index is 13.5. The minimum absolute atomic E-state index is 0.0155. The number of hydrogen-bond acceptors (Lipinski definition) is 5. The number of ether oxygens (including phenoxy) is 2. The number of piperidine rings is 1. The molecular formula is C26H32ClFN4O4. The first kappa shape index (κ1) is 25.0. The Bertz CT molecular complexity index is 1140. The number of rotatable bonds is 5. The topological polar surface area (TPSA) is 76.9 Å². The Morgan fingerprint density at radius 3 is 2.58 bits per heavy atom. The van der Waals surface area contributed by atoms with Gasteiger partial charge < -0.3 is 19.3 Å². The highest BCUT2D eigenvalue weighted by Crippen LogP contribution is 2.29. The molecule has 2 saturated heterocycles. The Morgan fingerprint density at radius 2 is 1.86 bits per heavy atom. The molecule has 0 radical (unpaired) electrons. The third kappa shape index (κ3) is 5.22. The molecule has 10 heteroatoms. The lowest BCUT2D eigenvalue weighted by Crippen LogP contribution is -2.48. The largest absolute Gasteiger partial charge is 0.489 e. The van der Waals surface area contributed by atoms with Crippen LogP contribution in [0.2, 0.25) is 5.02 Å². The zero-order valence-corrected chi connectivity index (χ0v) is 21.5. The second-order valence-corrected chi connectivity index (χ2v) is 10.4. The number of amides is 2. The van der Waals surface area contributed by atoms with Crippen LogP contribution in [0.3, 0.4) is 0 Å². The molecule has 36 heavy (non-hydrogen) atoms. The number of fused-ring (bicyclic) bond motifs is 1. The first-order valence-corrected chi connectivity index (χ1v) is 13.1. The van der Waals surface area contributed by atoms with Crippen molar-refractivity contribution in [3.8, 4) is 5.75 Å². The first-order chi connectivity index (χ1) is 17.3. The summed E-state index contributed by atoms with van der Waals surface area (Å²) in [5, 5.41) is 5.01. The van der Waals surface area contributed by atoms with Gasteiger partial charge in [0.25, 0.3) is 5.91 Å². The van der Waals surface area contributed by atoms with Crippen LogP contribution >= 0.6 is 11.6 Å². The maximum atomic E-state index is 13.5. The third-order valence-corrected chi connectivity index (χ3v) is 7.50. The number of morpholine rings is 1. The molecule has 1 aliphatic carbocycles.